The second-order valence-corrected chi connectivity index (χ2v) is 6.13. The summed E-state index contributed by atoms with van der Waals surface area (Å²) in [7, 11) is 0. The Hall–Kier alpha value is -1.88. The van der Waals surface area contributed by atoms with Crippen molar-refractivity contribution >= 4 is 11.9 Å². The third kappa shape index (κ3) is 5.19. The Balaban J connectivity index is 3.14. The number of aryl methyl sites for hydroxylation is 1. The molecule has 0 fully saturated rings. The normalized spacial score (nSPS) is 14.3. The first kappa shape index (κ1) is 17.2. The van der Waals surface area contributed by atoms with Crippen LogP contribution in [-0.2, 0) is 14.3 Å². The van der Waals surface area contributed by atoms with Crippen molar-refractivity contribution in [3.05, 3.63) is 35.4 Å². The van der Waals surface area contributed by atoms with Crippen molar-refractivity contribution in [1.82, 2.24) is 0 Å². The SMILES string of the molecule is Cc1ccccc1C(C(=O)OC(C)(C)C)[C@H](N)CC(=O)O. The molecule has 0 saturated heterocycles. The third-order valence-electron chi connectivity index (χ3n) is 3.02. The van der Waals surface area contributed by atoms with Gasteiger partial charge in [0.05, 0.1) is 12.3 Å². The molecule has 0 radical (unpaired) electrons. The van der Waals surface area contributed by atoms with Crippen molar-refractivity contribution in [2.45, 2.75) is 51.7 Å². The van der Waals surface area contributed by atoms with Crippen molar-refractivity contribution in [3.8, 4) is 0 Å². The molecular weight excluding hydrogens is 270 g/mol. The van der Waals surface area contributed by atoms with Crippen LogP contribution in [0.25, 0.3) is 0 Å². The number of nitrogens with two attached hydrogens (primary N) is 1. The standard InChI is InChI=1S/C16H23NO4/c1-10-7-5-6-8-11(10)14(12(17)9-13(18)19)15(20)21-16(2,3)4/h5-8,12,14H,9,17H2,1-4H3,(H,18,19)/t12-,14?/m1/s1. The van der Waals surface area contributed by atoms with E-state index >= 15 is 0 Å². The molecule has 0 aliphatic carbocycles. The number of carboxylic acids is 1. The van der Waals surface area contributed by atoms with Gasteiger partial charge in [-0.05, 0) is 38.8 Å². The molecule has 5 heteroatoms. The molecule has 0 aromatic heterocycles. The van der Waals surface area contributed by atoms with E-state index in [4.69, 9.17) is 15.6 Å². The van der Waals surface area contributed by atoms with Gasteiger partial charge in [-0.2, -0.15) is 0 Å². The van der Waals surface area contributed by atoms with Crippen molar-refractivity contribution in [1.29, 1.82) is 0 Å². The second kappa shape index (κ2) is 6.72. The second-order valence-electron chi connectivity index (χ2n) is 6.13. The van der Waals surface area contributed by atoms with Crippen LogP contribution in [0.2, 0.25) is 0 Å². The van der Waals surface area contributed by atoms with Crippen LogP contribution in [0.3, 0.4) is 0 Å². The molecule has 1 aromatic rings. The molecule has 3 N–H and O–H groups in total. The van der Waals surface area contributed by atoms with Crippen LogP contribution >= 0.6 is 0 Å². The fourth-order valence-corrected chi connectivity index (χ4v) is 2.15. The van der Waals surface area contributed by atoms with Gasteiger partial charge in [-0.25, -0.2) is 0 Å². The summed E-state index contributed by atoms with van der Waals surface area (Å²) >= 11 is 0. The lowest BCUT2D eigenvalue weighted by molar-refractivity contribution is -0.157. The third-order valence-corrected chi connectivity index (χ3v) is 3.02. The molecule has 0 saturated carbocycles. The molecule has 0 amide bonds. The highest BCUT2D eigenvalue weighted by Crippen LogP contribution is 2.27. The van der Waals surface area contributed by atoms with Crippen molar-refractivity contribution < 1.29 is 19.4 Å². The smallest absolute Gasteiger partial charge is 0.315 e. The fraction of sp³-hybridized carbons (Fsp3) is 0.500. The van der Waals surface area contributed by atoms with Crippen LogP contribution in [0.4, 0.5) is 0 Å². The van der Waals surface area contributed by atoms with E-state index in [0.29, 0.717) is 5.56 Å². The van der Waals surface area contributed by atoms with E-state index in [2.05, 4.69) is 0 Å². The number of esters is 1. The average Bonchev–Trinajstić information content (AvgIpc) is 2.28. The number of carbonyl (C=O) groups excluding carboxylic acids is 1. The first-order valence-corrected chi connectivity index (χ1v) is 6.87. The Labute approximate surface area is 125 Å². The molecule has 116 valence electrons. The highest BCUT2D eigenvalue weighted by atomic mass is 16.6. The molecule has 1 unspecified atom stereocenters. The molecule has 0 bridgehead atoms. The lowest BCUT2D eigenvalue weighted by Crippen LogP contribution is -2.39. The number of carbonyl (C=O) groups is 2. The molecule has 1 aromatic carbocycles. The summed E-state index contributed by atoms with van der Waals surface area (Å²) < 4.78 is 5.40. The first-order valence-electron chi connectivity index (χ1n) is 6.87. The summed E-state index contributed by atoms with van der Waals surface area (Å²) in [6.45, 7) is 7.16. The minimum atomic E-state index is -1.04. The maximum absolute atomic E-state index is 12.4. The van der Waals surface area contributed by atoms with Crippen LogP contribution < -0.4 is 5.73 Å². The van der Waals surface area contributed by atoms with E-state index in [1.807, 2.05) is 19.1 Å². The van der Waals surface area contributed by atoms with Crippen LogP contribution in [0.5, 0.6) is 0 Å². The Kier molecular flexibility index (Phi) is 5.49. The van der Waals surface area contributed by atoms with E-state index in [9.17, 15) is 9.59 Å². The molecule has 2 atom stereocenters. The van der Waals surface area contributed by atoms with Gasteiger partial charge in [0.2, 0.25) is 0 Å². The van der Waals surface area contributed by atoms with Crippen LogP contribution in [0.1, 0.15) is 44.2 Å². The quantitative estimate of drug-likeness (QED) is 0.812. The van der Waals surface area contributed by atoms with Gasteiger partial charge in [-0.1, -0.05) is 24.3 Å². The maximum atomic E-state index is 12.4. The molecule has 0 heterocycles. The predicted octanol–water partition coefficient (Wildman–Crippen LogP) is 2.22. The minimum Gasteiger partial charge on any atom is -0.481 e. The number of hydrogen-bond donors (Lipinski definition) is 2. The Morgan fingerprint density at radius 3 is 2.33 bits per heavy atom. The van der Waals surface area contributed by atoms with E-state index in [1.165, 1.54) is 0 Å². The summed E-state index contributed by atoms with van der Waals surface area (Å²) in [5, 5.41) is 8.93. The number of benzene rings is 1. The van der Waals surface area contributed by atoms with Crippen molar-refractivity contribution in [3.63, 3.8) is 0 Å². The Morgan fingerprint density at radius 1 is 1.29 bits per heavy atom. The number of carboxylic acid groups (broad SMARTS) is 1. The molecule has 21 heavy (non-hydrogen) atoms. The van der Waals surface area contributed by atoms with Crippen LogP contribution in [0, 0.1) is 6.92 Å². The summed E-state index contributed by atoms with van der Waals surface area (Å²) in [4.78, 5) is 23.3. The van der Waals surface area contributed by atoms with Gasteiger partial charge in [0.15, 0.2) is 0 Å². The van der Waals surface area contributed by atoms with E-state index in [1.54, 1.807) is 32.9 Å². The number of ether oxygens (including phenoxy) is 1. The fourth-order valence-electron chi connectivity index (χ4n) is 2.15. The lowest BCUT2D eigenvalue weighted by atomic mass is 9.87. The summed E-state index contributed by atoms with van der Waals surface area (Å²) in [5.41, 5.74) is 6.90. The van der Waals surface area contributed by atoms with Gasteiger partial charge in [0.1, 0.15) is 5.60 Å². The number of aliphatic carboxylic acids is 1. The Bertz CT molecular complexity index is 519. The van der Waals surface area contributed by atoms with Gasteiger partial charge in [-0.3, -0.25) is 9.59 Å². The molecular formula is C16H23NO4. The lowest BCUT2D eigenvalue weighted by Gasteiger charge is -2.27. The highest BCUT2D eigenvalue weighted by Gasteiger charge is 2.33. The largest absolute Gasteiger partial charge is 0.481 e. The molecule has 5 nitrogen and oxygen atoms in total. The van der Waals surface area contributed by atoms with Gasteiger partial charge in [0.25, 0.3) is 0 Å². The topological polar surface area (TPSA) is 89.6 Å². The van der Waals surface area contributed by atoms with Gasteiger partial charge >= 0.3 is 11.9 Å². The van der Waals surface area contributed by atoms with E-state index < -0.39 is 29.5 Å². The number of hydrogen-bond acceptors (Lipinski definition) is 4. The van der Waals surface area contributed by atoms with Crippen LogP contribution in [-0.4, -0.2) is 28.7 Å². The molecule has 0 aliphatic heterocycles. The van der Waals surface area contributed by atoms with Crippen molar-refractivity contribution in [2.24, 2.45) is 5.73 Å². The molecule has 0 aliphatic rings. The zero-order valence-electron chi connectivity index (χ0n) is 12.9. The van der Waals surface area contributed by atoms with Crippen molar-refractivity contribution in [2.75, 3.05) is 0 Å². The monoisotopic (exact) mass is 293 g/mol. The first-order chi connectivity index (χ1) is 9.61. The molecule has 1 rings (SSSR count). The Morgan fingerprint density at radius 2 is 1.86 bits per heavy atom. The van der Waals surface area contributed by atoms with E-state index in [0.717, 1.165) is 5.56 Å². The average molecular weight is 293 g/mol. The predicted molar refractivity (Wildman–Crippen MR) is 80.0 cm³/mol. The zero-order valence-corrected chi connectivity index (χ0v) is 12.9. The van der Waals surface area contributed by atoms with Gasteiger partial charge in [-0.15, -0.1) is 0 Å². The maximum Gasteiger partial charge on any atom is 0.315 e. The minimum absolute atomic E-state index is 0.293. The molecule has 0 spiro atoms. The summed E-state index contributed by atoms with van der Waals surface area (Å²) in [5.74, 6) is -2.32. The van der Waals surface area contributed by atoms with Gasteiger partial charge < -0.3 is 15.6 Å². The zero-order chi connectivity index (χ0) is 16.2. The number of rotatable bonds is 5. The summed E-state index contributed by atoms with van der Waals surface area (Å²) in [6, 6.07) is 6.46. The summed E-state index contributed by atoms with van der Waals surface area (Å²) in [6.07, 6.45) is -0.293. The highest BCUT2D eigenvalue weighted by molar-refractivity contribution is 5.81. The van der Waals surface area contributed by atoms with Gasteiger partial charge in [0, 0.05) is 6.04 Å². The van der Waals surface area contributed by atoms with E-state index in [-0.39, 0.29) is 6.42 Å². The van der Waals surface area contributed by atoms with Crippen LogP contribution in [0.15, 0.2) is 24.3 Å².